The molecule has 0 fully saturated rings. The van der Waals surface area contributed by atoms with Crippen molar-refractivity contribution in [3.05, 3.63) is 46.9 Å². The summed E-state index contributed by atoms with van der Waals surface area (Å²) < 4.78 is 20.4. The van der Waals surface area contributed by atoms with Crippen LogP contribution in [0.3, 0.4) is 0 Å². The summed E-state index contributed by atoms with van der Waals surface area (Å²) in [6.45, 7) is 1.99. The molecule has 2 aromatic rings. The van der Waals surface area contributed by atoms with E-state index in [1.54, 1.807) is 25.1 Å². The molecule has 3 N–H and O–H groups in total. The molecular formula is C13H15FN4O. The second kappa shape index (κ2) is 5.09. The third-order valence-corrected chi connectivity index (χ3v) is 2.86. The summed E-state index contributed by atoms with van der Waals surface area (Å²) in [5.74, 6) is 0.0404. The van der Waals surface area contributed by atoms with Crippen LogP contribution in [0.5, 0.6) is 5.88 Å². The molecule has 0 spiro atoms. The summed E-state index contributed by atoms with van der Waals surface area (Å²) in [5.41, 5.74) is 6.98. The normalized spacial score (nSPS) is 10.5. The first-order valence-corrected chi connectivity index (χ1v) is 5.73. The van der Waals surface area contributed by atoms with E-state index < -0.39 is 0 Å². The molecule has 0 bridgehead atoms. The minimum atomic E-state index is -0.304. The predicted octanol–water partition coefficient (Wildman–Crippen LogP) is 1.67. The smallest absolute Gasteiger partial charge is 0.215 e. The Kier molecular flexibility index (Phi) is 3.50. The maximum atomic E-state index is 13.6. The lowest BCUT2D eigenvalue weighted by Gasteiger charge is -2.07. The molecule has 5 nitrogen and oxygen atoms in total. The summed E-state index contributed by atoms with van der Waals surface area (Å²) >= 11 is 0. The van der Waals surface area contributed by atoms with Crippen LogP contribution >= 0.6 is 0 Å². The number of hydrogen-bond acceptors (Lipinski definition) is 3. The Morgan fingerprint density at radius 3 is 2.74 bits per heavy atom. The minimum absolute atomic E-state index is 0.136. The highest BCUT2D eigenvalue weighted by molar-refractivity contribution is 5.94. The highest BCUT2D eigenvalue weighted by Crippen LogP contribution is 2.22. The molecule has 0 aliphatic carbocycles. The molecule has 0 unspecified atom stereocenters. The summed E-state index contributed by atoms with van der Waals surface area (Å²) in [6, 6.07) is 6.46. The van der Waals surface area contributed by atoms with E-state index in [0.717, 1.165) is 0 Å². The number of benzene rings is 1. The lowest BCUT2D eigenvalue weighted by Crippen LogP contribution is -2.14. The van der Waals surface area contributed by atoms with Gasteiger partial charge in [-0.25, -0.2) is 9.07 Å². The molecule has 1 aromatic heterocycles. The molecule has 0 amide bonds. The lowest BCUT2D eigenvalue weighted by molar-refractivity contribution is 0.363. The monoisotopic (exact) mass is 262 g/mol. The Bertz CT molecular complexity index is 621. The van der Waals surface area contributed by atoms with Crippen LogP contribution < -0.4 is 10.5 Å². The van der Waals surface area contributed by atoms with E-state index in [0.29, 0.717) is 22.7 Å². The fourth-order valence-electron chi connectivity index (χ4n) is 1.95. The van der Waals surface area contributed by atoms with Crippen molar-refractivity contribution in [2.45, 2.75) is 13.5 Å². The molecule has 0 aliphatic heterocycles. The SMILES string of the molecule is COc1c(C)c(C(=N)N)nn1Cc1ccccc1F. The fraction of sp³-hybridized carbons (Fsp3) is 0.231. The Morgan fingerprint density at radius 2 is 2.16 bits per heavy atom. The molecule has 0 radical (unpaired) electrons. The van der Waals surface area contributed by atoms with Gasteiger partial charge in [-0.2, -0.15) is 5.10 Å². The first-order chi connectivity index (χ1) is 9.04. The number of amidine groups is 1. The van der Waals surface area contributed by atoms with Crippen molar-refractivity contribution in [1.29, 1.82) is 5.41 Å². The molecule has 1 aromatic carbocycles. The molecular weight excluding hydrogens is 247 g/mol. The van der Waals surface area contributed by atoms with Gasteiger partial charge >= 0.3 is 0 Å². The van der Waals surface area contributed by atoms with Crippen molar-refractivity contribution in [2.75, 3.05) is 7.11 Å². The topological polar surface area (TPSA) is 76.9 Å². The summed E-state index contributed by atoms with van der Waals surface area (Å²) in [7, 11) is 1.51. The lowest BCUT2D eigenvalue weighted by atomic mass is 10.2. The van der Waals surface area contributed by atoms with Gasteiger partial charge in [0, 0.05) is 11.1 Å². The number of nitrogen functional groups attached to an aromatic ring is 1. The Balaban J connectivity index is 2.43. The van der Waals surface area contributed by atoms with Crippen LogP contribution in [0.25, 0.3) is 0 Å². The van der Waals surface area contributed by atoms with E-state index in [1.807, 2.05) is 0 Å². The molecule has 19 heavy (non-hydrogen) atoms. The van der Waals surface area contributed by atoms with Crippen LogP contribution in [-0.4, -0.2) is 22.7 Å². The van der Waals surface area contributed by atoms with Crippen molar-refractivity contribution >= 4 is 5.84 Å². The minimum Gasteiger partial charge on any atom is -0.481 e. The summed E-state index contributed by atoms with van der Waals surface area (Å²) in [5, 5.41) is 11.6. The highest BCUT2D eigenvalue weighted by Gasteiger charge is 2.17. The largest absolute Gasteiger partial charge is 0.481 e. The number of aromatic nitrogens is 2. The molecule has 6 heteroatoms. The zero-order valence-electron chi connectivity index (χ0n) is 10.8. The van der Waals surface area contributed by atoms with Crippen molar-refractivity contribution < 1.29 is 9.13 Å². The van der Waals surface area contributed by atoms with Gasteiger partial charge in [-0.05, 0) is 13.0 Å². The molecule has 0 atom stereocenters. The van der Waals surface area contributed by atoms with Gasteiger partial charge in [-0.1, -0.05) is 18.2 Å². The van der Waals surface area contributed by atoms with Crippen molar-refractivity contribution in [1.82, 2.24) is 9.78 Å². The summed E-state index contributed by atoms with van der Waals surface area (Å²) in [6.07, 6.45) is 0. The second-order valence-electron chi connectivity index (χ2n) is 4.15. The molecule has 0 aliphatic rings. The molecule has 2 rings (SSSR count). The standard InChI is InChI=1S/C13H15FN4O/c1-8-11(12(15)16)17-18(13(8)19-2)7-9-5-3-4-6-10(9)14/h3-6H,7H2,1-2H3,(H3,15,16). The number of nitrogens with two attached hydrogens (primary N) is 1. The number of nitrogens with one attached hydrogen (secondary N) is 1. The molecule has 0 saturated heterocycles. The first-order valence-electron chi connectivity index (χ1n) is 5.73. The maximum Gasteiger partial charge on any atom is 0.215 e. The zero-order valence-corrected chi connectivity index (χ0v) is 10.8. The Labute approximate surface area is 110 Å². The van der Waals surface area contributed by atoms with Gasteiger partial charge in [0.15, 0.2) is 0 Å². The third-order valence-electron chi connectivity index (χ3n) is 2.86. The Hall–Kier alpha value is -2.37. The average molecular weight is 262 g/mol. The van der Waals surface area contributed by atoms with Gasteiger partial charge in [0.05, 0.1) is 13.7 Å². The number of nitrogens with zero attached hydrogens (tertiary/aromatic N) is 2. The third kappa shape index (κ3) is 2.42. The number of hydrogen-bond donors (Lipinski definition) is 2. The molecule has 0 saturated carbocycles. The van der Waals surface area contributed by atoms with E-state index in [4.69, 9.17) is 15.9 Å². The average Bonchev–Trinajstić information content (AvgIpc) is 2.68. The molecule has 1 heterocycles. The molecule has 100 valence electrons. The zero-order chi connectivity index (χ0) is 14.0. The second-order valence-corrected chi connectivity index (χ2v) is 4.15. The van der Waals surface area contributed by atoms with Gasteiger partial charge in [-0.3, -0.25) is 5.41 Å². The van der Waals surface area contributed by atoms with E-state index in [1.165, 1.54) is 17.9 Å². The number of ether oxygens (including phenoxy) is 1. The van der Waals surface area contributed by atoms with Crippen molar-refractivity contribution in [3.8, 4) is 5.88 Å². The predicted molar refractivity (Wildman–Crippen MR) is 70.0 cm³/mol. The highest BCUT2D eigenvalue weighted by atomic mass is 19.1. The van der Waals surface area contributed by atoms with Crippen LogP contribution in [0.15, 0.2) is 24.3 Å². The number of methoxy groups -OCH3 is 1. The van der Waals surface area contributed by atoms with E-state index in [9.17, 15) is 4.39 Å². The van der Waals surface area contributed by atoms with Crippen molar-refractivity contribution in [3.63, 3.8) is 0 Å². The van der Waals surface area contributed by atoms with Crippen LogP contribution in [-0.2, 0) is 6.54 Å². The van der Waals surface area contributed by atoms with E-state index >= 15 is 0 Å². The van der Waals surface area contributed by atoms with Gasteiger partial charge in [-0.15, -0.1) is 0 Å². The number of rotatable bonds is 4. The number of halogens is 1. The Morgan fingerprint density at radius 1 is 1.47 bits per heavy atom. The fourth-order valence-corrected chi connectivity index (χ4v) is 1.95. The van der Waals surface area contributed by atoms with Gasteiger partial charge < -0.3 is 10.5 Å². The van der Waals surface area contributed by atoms with E-state index in [2.05, 4.69) is 5.10 Å². The van der Waals surface area contributed by atoms with Crippen LogP contribution in [0.2, 0.25) is 0 Å². The van der Waals surface area contributed by atoms with Crippen LogP contribution in [0, 0.1) is 18.2 Å². The van der Waals surface area contributed by atoms with Gasteiger partial charge in [0.2, 0.25) is 5.88 Å². The summed E-state index contributed by atoms with van der Waals surface area (Å²) in [4.78, 5) is 0. The van der Waals surface area contributed by atoms with Crippen LogP contribution in [0.1, 0.15) is 16.8 Å². The van der Waals surface area contributed by atoms with Crippen LogP contribution in [0.4, 0.5) is 4.39 Å². The van der Waals surface area contributed by atoms with Crippen molar-refractivity contribution in [2.24, 2.45) is 5.73 Å². The van der Waals surface area contributed by atoms with E-state index in [-0.39, 0.29) is 18.2 Å². The maximum absolute atomic E-state index is 13.6. The van der Waals surface area contributed by atoms with Gasteiger partial charge in [0.25, 0.3) is 0 Å². The quantitative estimate of drug-likeness (QED) is 0.650. The van der Waals surface area contributed by atoms with Gasteiger partial charge in [0.1, 0.15) is 17.3 Å². The first kappa shape index (κ1) is 13.1.